The van der Waals surface area contributed by atoms with Crippen LogP contribution in [0.3, 0.4) is 0 Å². The van der Waals surface area contributed by atoms with E-state index in [1.807, 2.05) is 0 Å². The van der Waals surface area contributed by atoms with Crippen molar-refractivity contribution in [2.24, 2.45) is 11.7 Å². The number of benzene rings is 2. The molecular weight excluding hydrogens is 724 g/mol. The normalized spacial score (nSPS) is 13.6. The molecule has 0 saturated heterocycles. The topological polar surface area (TPSA) is 206 Å². The fourth-order valence-electron chi connectivity index (χ4n) is 5.02. The Hall–Kier alpha value is -0.950. The van der Waals surface area contributed by atoms with Crippen molar-refractivity contribution in [2.45, 2.75) is 113 Å². The van der Waals surface area contributed by atoms with E-state index in [0.29, 0.717) is 6.42 Å². The van der Waals surface area contributed by atoms with Gasteiger partial charge in [-0.3, -0.25) is 9.11 Å². The molecule has 0 bridgehead atoms. The molecule has 0 saturated carbocycles. The molecule has 0 spiro atoms. The largest absolute Gasteiger partial charge is 1.00 e. The van der Waals surface area contributed by atoms with Gasteiger partial charge in [-0.15, -0.1) is 12.4 Å². The van der Waals surface area contributed by atoms with E-state index in [1.54, 1.807) is 13.8 Å². The van der Waals surface area contributed by atoms with Gasteiger partial charge in [0.05, 0.1) is 9.79 Å². The van der Waals surface area contributed by atoms with Gasteiger partial charge >= 0.3 is 71.4 Å². The maximum Gasteiger partial charge on any atom is 1.00 e. The van der Waals surface area contributed by atoms with Crippen molar-refractivity contribution in [3.8, 4) is 11.5 Å². The molecule has 270 valence electrons. The predicted octanol–water partition coefficient (Wildman–Crippen LogP) is 1.21. The van der Waals surface area contributed by atoms with Gasteiger partial charge in [-0.25, -0.2) is 9.59 Å². The van der Waals surface area contributed by atoms with E-state index < -0.39 is 56.7 Å². The van der Waals surface area contributed by atoms with Crippen LogP contribution < -0.4 is 74.3 Å². The van der Waals surface area contributed by atoms with Crippen molar-refractivity contribution in [1.29, 1.82) is 0 Å². The molecule has 4 N–H and O–H groups in total. The van der Waals surface area contributed by atoms with Crippen LogP contribution in [0, 0.1) is 5.92 Å². The number of hydrogen-bond acceptors (Lipinski definition) is 11. The van der Waals surface area contributed by atoms with E-state index >= 15 is 0 Å². The number of rotatable bonds is 19. The minimum atomic E-state index is -4.43. The molecule has 0 fully saturated rings. The first-order valence-corrected chi connectivity index (χ1v) is 18.2. The van der Waals surface area contributed by atoms with Crippen LogP contribution in [0.1, 0.15) is 87.8 Å². The van der Waals surface area contributed by atoms with Gasteiger partial charge in [-0.1, -0.05) is 64.7 Å². The Morgan fingerprint density at radius 2 is 1.00 bits per heavy atom. The number of unbranched alkanes of at least 4 members (excludes halogenated alkanes) is 8. The molecule has 0 aliphatic carbocycles. The molecule has 0 aliphatic rings. The van der Waals surface area contributed by atoms with E-state index in [2.05, 4.69) is 6.92 Å². The quantitative estimate of drug-likeness (QED) is 0.0605. The van der Waals surface area contributed by atoms with E-state index in [9.17, 15) is 26.4 Å². The van der Waals surface area contributed by atoms with Crippen LogP contribution in [0.4, 0.5) is 9.59 Å². The van der Waals surface area contributed by atoms with Crippen LogP contribution in [-0.4, -0.2) is 56.5 Å². The second kappa shape index (κ2) is 25.1. The predicted molar refractivity (Wildman–Crippen MR) is 178 cm³/mol. The standard InChI is InChI=1S/C31H45NO12S2.ClH.2Na.2H/c1-4-5-6-7-8-9-10-11-12-13-28(32)29(22(2)41-30(33)43-24-14-18-26(19-15-24)45(35,36)37)23(3)42-31(34)44-25-16-20-27(21-17-25)46(38,39)40;;;;;/h14-23,28-29H,4-13,32H2,1-3H3,(H,35,36,37)(H,38,39,40);1H;;;;/q;;2*+1;2*-1. The van der Waals surface area contributed by atoms with Crippen LogP contribution >= 0.6 is 12.4 Å². The molecule has 18 heteroatoms. The monoisotopic (exact) mass is 771 g/mol. The van der Waals surface area contributed by atoms with Crippen molar-refractivity contribution in [3.05, 3.63) is 48.5 Å². The zero-order valence-electron chi connectivity index (χ0n) is 30.8. The Balaban J connectivity index is -0.00000221. The fourth-order valence-corrected chi connectivity index (χ4v) is 5.98. The van der Waals surface area contributed by atoms with Crippen molar-refractivity contribution < 1.29 is 116 Å². The molecule has 2 aromatic carbocycles. The molecule has 0 aliphatic heterocycles. The summed E-state index contributed by atoms with van der Waals surface area (Å²) < 4.78 is 84.5. The van der Waals surface area contributed by atoms with E-state index in [0.717, 1.165) is 49.9 Å². The Bertz CT molecular complexity index is 1380. The molecule has 49 heavy (non-hydrogen) atoms. The third kappa shape index (κ3) is 19.5. The minimum Gasteiger partial charge on any atom is -1.00 e. The zero-order valence-corrected chi connectivity index (χ0v) is 35.2. The van der Waals surface area contributed by atoms with Crippen molar-refractivity contribution in [2.75, 3.05) is 0 Å². The first-order chi connectivity index (χ1) is 21.6. The van der Waals surface area contributed by atoms with Crippen molar-refractivity contribution in [1.82, 2.24) is 0 Å². The Labute approximate surface area is 343 Å². The second-order valence-corrected chi connectivity index (χ2v) is 13.9. The molecule has 2 aromatic rings. The van der Waals surface area contributed by atoms with Gasteiger partial charge < -0.3 is 27.5 Å². The second-order valence-electron chi connectivity index (χ2n) is 11.1. The third-order valence-electron chi connectivity index (χ3n) is 7.43. The van der Waals surface area contributed by atoms with Gasteiger partial charge in [0, 0.05) is 12.0 Å². The van der Waals surface area contributed by atoms with Crippen molar-refractivity contribution in [3.63, 3.8) is 0 Å². The summed E-state index contributed by atoms with van der Waals surface area (Å²) in [6.45, 7) is 5.33. The molecule has 3 unspecified atom stereocenters. The number of carbonyl (C=O) groups is 2. The fraction of sp³-hybridized carbons (Fsp3) is 0.548. The summed E-state index contributed by atoms with van der Waals surface area (Å²) in [6.07, 6.45) is 6.59. The van der Waals surface area contributed by atoms with Gasteiger partial charge in [0.2, 0.25) is 0 Å². The average Bonchev–Trinajstić information content (AvgIpc) is 2.95. The summed E-state index contributed by atoms with van der Waals surface area (Å²) in [6, 6.07) is 8.37. The number of ether oxygens (including phenoxy) is 4. The van der Waals surface area contributed by atoms with Gasteiger partial charge in [0.25, 0.3) is 20.2 Å². The number of nitrogens with two attached hydrogens (primary N) is 1. The number of halogens is 1. The van der Waals surface area contributed by atoms with Crippen LogP contribution in [0.15, 0.2) is 58.3 Å². The molecule has 2 rings (SSSR count). The first-order valence-electron chi connectivity index (χ1n) is 15.3. The van der Waals surface area contributed by atoms with E-state index in [-0.39, 0.29) is 95.7 Å². The van der Waals surface area contributed by atoms with Crippen LogP contribution in [-0.2, 0) is 29.7 Å². The molecule has 13 nitrogen and oxygen atoms in total. The Morgan fingerprint density at radius 3 is 1.33 bits per heavy atom. The molecule has 0 aromatic heterocycles. The van der Waals surface area contributed by atoms with Crippen LogP contribution in [0.5, 0.6) is 11.5 Å². The molecule has 0 amide bonds. The molecule has 0 radical (unpaired) electrons. The summed E-state index contributed by atoms with van der Waals surface area (Å²) in [4.78, 5) is 24.4. The van der Waals surface area contributed by atoms with Crippen LogP contribution in [0.2, 0.25) is 0 Å². The Kier molecular flexibility index (Phi) is 25.7. The SMILES string of the molecule is CCCCCCCCCCCC(N)C(C(C)OC(=O)Oc1ccc(S(=O)(=O)O)cc1)C(C)OC(=O)Oc1ccc(S(=O)(=O)O)cc1.Cl.[H-].[H-].[Na+].[Na+]. The van der Waals surface area contributed by atoms with Gasteiger partial charge in [-0.05, 0) is 68.8 Å². The first kappa shape index (κ1) is 50.2. The van der Waals surface area contributed by atoms with Gasteiger partial charge in [-0.2, -0.15) is 16.8 Å². The Morgan fingerprint density at radius 1 is 0.673 bits per heavy atom. The number of hydrogen-bond donors (Lipinski definition) is 3. The maximum absolute atomic E-state index is 12.6. The van der Waals surface area contributed by atoms with E-state index in [1.165, 1.54) is 56.4 Å². The van der Waals surface area contributed by atoms with Crippen molar-refractivity contribution >= 4 is 45.0 Å². The molecule has 3 atom stereocenters. The third-order valence-corrected chi connectivity index (χ3v) is 9.17. The summed E-state index contributed by atoms with van der Waals surface area (Å²) in [5.74, 6) is -0.765. The van der Waals surface area contributed by atoms with Gasteiger partial charge in [0.15, 0.2) is 0 Å². The summed E-state index contributed by atoms with van der Waals surface area (Å²) in [5, 5.41) is 0. The summed E-state index contributed by atoms with van der Waals surface area (Å²) in [5.41, 5.74) is 6.56. The minimum absolute atomic E-state index is 0. The summed E-state index contributed by atoms with van der Waals surface area (Å²) >= 11 is 0. The maximum atomic E-state index is 12.6. The van der Waals surface area contributed by atoms with E-state index in [4.69, 9.17) is 33.8 Å². The molecular formula is C31H48ClNNa2O12S2. The smallest absolute Gasteiger partial charge is 1.00 e. The average molecular weight is 772 g/mol. The molecule has 0 heterocycles. The van der Waals surface area contributed by atoms with Gasteiger partial charge in [0.1, 0.15) is 23.7 Å². The number of carbonyl (C=O) groups excluding carboxylic acids is 2. The summed E-state index contributed by atoms with van der Waals surface area (Å²) in [7, 11) is -8.85. The zero-order chi connectivity index (χ0) is 34.3. The van der Waals surface area contributed by atoms with Crippen LogP contribution in [0.25, 0.3) is 0 Å².